The van der Waals surface area contributed by atoms with E-state index >= 15 is 0 Å². The van der Waals surface area contributed by atoms with Gasteiger partial charge in [-0.15, -0.1) is 0 Å². The van der Waals surface area contributed by atoms with Crippen LogP contribution in [0.2, 0.25) is 0 Å². The van der Waals surface area contributed by atoms with E-state index < -0.39 is 17.9 Å². The van der Waals surface area contributed by atoms with E-state index in [4.69, 9.17) is 4.74 Å². The fourth-order valence-electron chi connectivity index (χ4n) is 1.92. The van der Waals surface area contributed by atoms with Gasteiger partial charge in [0.1, 0.15) is 5.75 Å². The highest BCUT2D eigenvalue weighted by Gasteiger charge is 2.15. The van der Waals surface area contributed by atoms with E-state index in [-0.39, 0.29) is 6.54 Å². The molecule has 0 bridgehead atoms. The number of hydrogen-bond acceptors (Lipinski definition) is 4. The van der Waals surface area contributed by atoms with Crippen LogP contribution in [0.4, 0.5) is 5.69 Å². The van der Waals surface area contributed by atoms with Gasteiger partial charge < -0.3 is 20.5 Å². The van der Waals surface area contributed by atoms with Crippen LogP contribution in [-0.4, -0.2) is 30.6 Å². The highest BCUT2D eigenvalue weighted by atomic mass is 16.5. The summed E-state index contributed by atoms with van der Waals surface area (Å²) in [5.74, 6) is -0.954. The predicted molar refractivity (Wildman–Crippen MR) is 86.0 cm³/mol. The molecule has 0 fully saturated rings. The summed E-state index contributed by atoms with van der Waals surface area (Å²) in [6.07, 6.45) is -0.867. The average molecular weight is 314 g/mol. The minimum atomic E-state index is -0.867. The zero-order valence-corrected chi connectivity index (χ0v) is 12.7. The van der Waals surface area contributed by atoms with Crippen LogP contribution in [0.5, 0.6) is 5.75 Å². The lowest BCUT2D eigenvalue weighted by Crippen LogP contribution is -2.37. The lowest BCUT2D eigenvalue weighted by molar-refractivity contribution is -0.136. The molecule has 2 amide bonds. The van der Waals surface area contributed by atoms with Gasteiger partial charge in [0, 0.05) is 12.2 Å². The molecular formula is C17H18N2O4. The molecule has 0 aromatic heterocycles. The van der Waals surface area contributed by atoms with Crippen molar-refractivity contribution >= 4 is 17.5 Å². The third-order valence-corrected chi connectivity index (χ3v) is 3.19. The minimum absolute atomic E-state index is 0.0428. The van der Waals surface area contributed by atoms with Gasteiger partial charge in [-0.3, -0.25) is 9.59 Å². The largest absolute Gasteiger partial charge is 0.497 e. The molecule has 0 heterocycles. The van der Waals surface area contributed by atoms with Gasteiger partial charge in [0.05, 0.1) is 13.2 Å². The highest BCUT2D eigenvalue weighted by molar-refractivity contribution is 6.39. The first-order chi connectivity index (χ1) is 11.1. The van der Waals surface area contributed by atoms with Crippen molar-refractivity contribution in [1.82, 2.24) is 5.32 Å². The molecule has 0 aliphatic rings. The van der Waals surface area contributed by atoms with Crippen LogP contribution in [0.25, 0.3) is 0 Å². The second-order valence-electron chi connectivity index (χ2n) is 4.82. The number of carbonyl (C=O) groups is 2. The van der Waals surface area contributed by atoms with E-state index in [0.29, 0.717) is 17.0 Å². The molecule has 23 heavy (non-hydrogen) atoms. The van der Waals surface area contributed by atoms with Crippen LogP contribution < -0.4 is 15.4 Å². The summed E-state index contributed by atoms with van der Waals surface area (Å²) >= 11 is 0. The number of amides is 2. The second kappa shape index (κ2) is 7.95. The number of anilines is 1. The van der Waals surface area contributed by atoms with Crippen LogP contribution in [0.15, 0.2) is 54.6 Å². The van der Waals surface area contributed by atoms with E-state index in [1.807, 2.05) is 6.07 Å². The summed E-state index contributed by atoms with van der Waals surface area (Å²) in [4.78, 5) is 23.5. The average Bonchev–Trinajstić information content (AvgIpc) is 2.60. The third kappa shape index (κ3) is 4.82. The Hall–Kier alpha value is -2.86. The maximum atomic E-state index is 11.8. The van der Waals surface area contributed by atoms with Crippen molar-refractivity contribution in [3.8, 4) is 5.75 Å². The highest BCUT2D eigenvalue weighted by Crippen LogP contribution is 2.15. The van der Waals surface area contributed by atoms with E-state index in [1.165, 1.54) is 0 Å². The molecule has 6 heteroatoms. The number of methoxy groups -OCH3 is 1. The Morgan fingerprint density at radius 1 is 1.04 bits per heavy atom. The van der Waals surface area contributed by atoms with Gasteiger partial charge in [-0.05, 0) is 29.8 Å². The first-order valence-electron chi connectivity index (χ1n) is 7.06. The summed E-state index contributed by atoms with van der Waals surface area (Å²) in [5, 5.41) is 14.8. The number of rotatable bonds is 5. The number of aliphatic hydroxyl groups excluding tert-OH is 1. The lowest BCUT2D eigenvalue weighted by Gasteiger charge is -2.12. The van der Waals surface area contributed by atoms with E-state index in [2.05, 4.69) is 10.6 Å². The number of ether oxygens (including phenoxy) is 1. The quantitative estimate of drug-likeness (QED) is 0.730. The number of carbonyl (C=O) groups excluding carboxylic acids is 2. The van der Waals surface area contributed by atoms with Gasteiger partial charge >= 0.3 is 11.8 Å². The zero-order chi connectivity index (χ0) is 16.7. The molecule has 0 saturated heterocycles. The molecule has 1 atom stereocenters. The lowest BCUT2D eigenvalue weighted by atomic mass is 10.1. The maximum Gasteiger partial charge on any atom is 0.313 e. The summed E-state index contributed by atoms with van der Waals surface area (Å²) < 4.78 is 5.01. The summed E-state index contributed by atoms with van der Waals surface area (Å²) in [6, 6.07) is 15.5. The molecule has 1 unspecified atom stereocenters. The van der Waals surface area contributed by atoms with Crippen LogP contribution >= 0.6 is 0 Å². The number of hydrogen-bond donors (Lipinski definition) is 3. The van der Waals surface area contributed by atoms with Gasteiger partial charge in [-0.1, -0.05) is 30.3 Å². The standard InChI is InChI=1S/C17H18N2O4/c1-23-14-9-7-13(8-10-14)19-17(22)16(21)18-11-15(20)12-5-3-2-4-6-12/h2-10,15,20H,11H2,1H3,(H,18,21)(H,19,22). The van der Waals surface area contributed by atoms with Crippen molar-refractivity contribution in [2.75, 3.05) is 19.0 Å². The molecule has 2 rings (SSSR count). The van der Waals surface area contributed by atoms with Gasteiger partial charge in [0.25, 0.3) is 0 Å². The zero-order valence-electron chi connectivity index (χ0n) is 12.7. The molecule has 0 spiro atoms. The molecule has 3 N–H and O–H groups in total. The summed E-state index contributed by atoms with van der Waals surface area (Å²) in [5.41, 5.74) is 1.15. The van der Waals surface area contributed by atoms with Gasteiger partial charge in [0.15, 0.2) is 0 Å². The maximum absolute atomic E-state index is 11.8. The smallest absolute Gasteiger partial charge is 0.313 e. The van der Waals surface area contributed by atoms with Crippen LogP contribution in [0, 0.1) is 0 Å². The van der Waals surface area contributed by atoms with Gasteiger partial charge in [-0.2, -0.15) is 0 Å². The van der Waals surface area contributed by atoms with E-state index in [1.54, 1.807) is 55.6 Å². The molecule has 0 radical (unpaired) electrons. The van der Waals surface area contributed by atoms with Crippen molar-refractivity contribution in [1.29, 1.82) is 0 Å². The van der Waals surface area contributed by atoms with Gasteiger partial charge in [-0.25, -0.2) is 0 Å². The minimum Gasteiger partial charge on any atom is -0.497 e. The van der Waals surface area contributed by atoms with Crippen LogP contribution in [0.1, 0.15) is 11.7 Å². The topological polar surface area (TPSA) is 87.7 Å². The molecule has 6 nitrogen and oxygen atoms in total. The Labute approximate surface area is 134 Å². The fourth-order valence-corrected chi connectivity index (χ4v) is 1.92. The Morgan fingerprint density at radius 3 is 2.30 bits per heavy atom. The molecule has 0 aliphatic carbocycles. The molecule has 0 saturated carbocycles. The SMILES string of the molecule is COc1ccc(NC(=O)C(=O)NCC(O)c2ccccc2)cc1. The molecule has 2 aromatic carbocycles. The predicted octanol–water partition coefficient (Wildman–Crippen LogP) is 1.48. The Kier molecular flexibility index (Phi) is 5.71. The van der Waals surface area contributed by atoms with Crippen molar-refractivity contribution < 1.29 is 19.4 Å². The monoisotopic (exact) mass is 314 g/mol. The van der Waals surface area contributed by atoms with Crippen molar-refractivity contribution in [3.63, 3.8) is 0 Å². The Bertz CT molecular complexity index is 656. The summed E-state index contributed by atoms with van der Waals surface area (Å²) in [7, 11) is 1.54. The van der Waals surface area contributed by atoms with Crippen molar-refractivity contribution in [2.45, 2.75) is 6.10 Å². The van der Waals surface area contributed by atoms with Crippen LogP contribution in [0.3, 0.4) is 0 Å². The van der Waals surface area contributed by atoms with Crippen molar-refractivity contribution in [3.05, 3.63) is 60.2 Å². The van der Waals surface area contributed by atoms with Gasteiger partial charge in [0.2, 0.25) is 0 Å². The van der Waals surface area contributed by atoms with E-state index in [9.17, 15) is 14.7 Å². The molecule has 120 valence electrons. The Balaban J connectivity index is 1.83. The number of benzene rings is 2. The fraction of sp³-hybridized carbons (Fsp3) is 0.176. The van der Waals surface area contributed by atoms with E-state index in [0.717, 1.165) is 0 Å². The number of aliphatic hydroxyl groups is 1. The normalized spacial score (nSPS) is 11.4. The first kappa shape index (κ1) is 16.5. The third-order valence-electron chi connectivity index (χ3n) is 3.19. The Morgan fingerprint density at radius 2 is 1.70 bits per heavy atom. The first-order valence-corrected chi connectivity index (χ1v) is 7.06. The van der Waals surface area contributed by atoms with Crippen LogP contribution in [-0.2, 0) is 9.59 Å². The molecule has 2 aromatic rings. The second-order valence-corrected chi connectivity index (χ2v) is 4.82. The molecular weight excluding hydrogens is 296 g/mol. The number of nitrogens with one attached hydrogen (secondary N) is 2. The molecule has 0 aliphatic heterocycles. The van der Waals surface area contributed by atoms with Crippen molar-refractivity contribution in [2.24, 2.45) is 0 Å². The summed E-state index contributed by atoms with van der Waals surface area (Å²) in [6.45, 7) is -0.0428.